The highest BCUT2D eigenvalue weighted by Gasteiger charge is 2.07. The van der Waals surface area contributed by atoms with E-state index in [-0.39, 0.29) is 5.69 Å². The third kappa shape index (κ3) is 2.60. The molecule has 0 spiro atoms. The number of terminal acetylenes is 2. The van der Waals surface area contributed by atoms with Crippen LogP contribution in [0.1, 0.15) is 11.1 Å². The fraction of sp³-hybridized carbons (Fsp3) is 0. The van der Waals surface area contributed by atoms with Crippen molar-refractivity contribution in [1.82, 2.24) is 0 Å². The van der Waals surface area contributed by atoms with Gasteiger partial charge in [-0.25, -0.2) is 0 Å². The summed E-state index contributed by atoms with van der Waals surface area (Å²) in [7, 11) is 0. The van der Waals surface area contributed by atoms with Gasteiger partial charge in [-0.05, 0) is 24.3 Å². The van der Waals surface area contributed by atoms with Crippen LogP contribution in [0.5, 0.6) is 0 Å². The molecule has 0 heterocycles. The first-order valence-corrected chi connectivity index (χ1v) is 5.73. The van der Waals surface area contributed by atoms with Crippen molar-refractivity contribution in [2.45, 2.75) is 0 Å². The number of rotatable bonds is 3. The Balaban J connectivity index is 2.34. The number of anilines is 2. The highest BCUT2D eigenvalue weighted by Crippen LogP contribution is 2.24. The third-order valence-electron chi connectivity index (χ3n) is 2.72. The van der Waals surface area contributed by atoms with Gasteiger partial charge < -0.3 is 5.32 Å². The molecular weight excluding hydrogens is 252 g/mol. The van der Waals surface area contributed by atoms with Crippen molar-refractivity contribution in [3.63, 3.8) is 0 Å². The number of benzene rings is 2. The van der Waals surface area contributed by atoms with Crippen LogP contribution in [0.25, 0.3) is 0 Å². The van der Waals surface area contributed by atoms with Gasteiger partial charge in [-0.2, -0.15) is 0 Å². The van der Waals surface area contributed by atoms with Crippen LogP contribution in [0.4, 0.5) is 17.1 Å². The van der Waals surface area contributed by atoms with Gasteiger partial charge in [-0.15, -0.1) is 12.8 Å². The fourth-order valence-electron chi connectivity index (χ4n) is 1.75. The van der Waals surface area contributed by atoms with Crippen LogP contribution in [0.2, 0.25) is 0 Å². The molecule has 0 atom stereocenters. The summed E-state index contributed by atoms with van der Waals surface area (Å²) in [6.07, 6.45) is 10.9. The number of hydrogen-bond acceptors (Lipinski definition) is 3. The van der Waals surface area contributed by atoms with E-state index >= 15 is 0 Å². The molecule has 4 nitrogen and oxygen atoms in total. The lowest BCUT2D eigenvalue weighted by Crippen LogP contribution is -1.96. The van der Waals surface area contributed by atoms with Gasteiger partial charge in [-0.1, -0.05) is 17.9 Å². The summed E-state index contributed by atoms with van der Waals surface area (Å²) in [6.45, 7) is 0. The van der Waals surface area contributed by atoms with Crippen molar-refractivity contribution in [2.75, 3.05) is 5.32 Å². The first-order valence-electron chi connectivity index (χ1n) is 5.73. The number of nitro benzene ring substituents is 1. The molecule has 0 unspecified atom stereocenters. The van der Waals surface area contributed by atoms with Gasteiger partial charge in [0.05, 0.1) is 16.2 Å². The summed E-state index contributed by atoms with van der Waals surface area (Å²) in [5.74, 6) is 5.08. The number of nitrogens with zero attached hydrogens (tertiary/aromatic N) is 1. The monoisotopic (exact) mass is 262 g/mol. The summed E-state index contributed by atoms with van der Waals surface area (Å²) in [6, 6.07) is 11.4. The average molecular weight is 262 g/mol. The van der Waals surface area contributed by atoms with Crippen molar-refractivity contribution in [3.8, 4) is 24.7 Å². The smallest absolute Gasteiger partial charge is 0.269 e. The Labute approximate surface area is 116 Å². The summed E-state index contributed by atoms with van der Waals surface area (Å²) in [4.78, 5) is 10.1. The van der Waals surface area contributed by atoms with Crippen LogP contribution in [-0.4, -0.2) is 4.92 Å². The van der Waals surface area contributed by atoms with Crippen LogP contribution in [0.15, 0.2) is 42.5 Å². The van der Waals surface area contributed by atoms with E-state index in [1.807, 2.05) is 0 Å². The van der Waals surface area contributed by atoms with E-state index in [1.165, 1.54) is 12.1 Å². The van der Waals surface area contributed by atoms with Gasteiger partial charge in [-0.3, -0.25) is 10.1 Å². The first kappa shape index (κ1) is 13.2. The predicted octanol–water partition coefficient (Wildman–Crippen LogP) is 3.30. The van der Waals surface area contributed by atoms with Crippen molar-refractivity contribution in [1.29, 1.82) is 0 Å². The molecular formula is C16H10N2O2. The SMILES string of the molecule is C#Cc1cccc(Nc2ccc([N+](=O)[O-])cc2)c1C#C. The van der Waals surface area contributed by atoms with E-state index in [0.29, 0.717) is 22.5 Å². The van der Waals surface area contributed by atoms with Crippen molar-refractivity contribution in [2.24, 2.45) is 0 Å². The van der Waals surface area contributed by atoms with E-state index < -0.39 is 4.92 Å². The predicted molar refractivity (Wildman–Crippen MR) is 78.7 cm³/mol. The van der Waals surface area contributed by atoms with Crippen LogP contribution in [0, 0.1) is 34.8 Å². The van der Waals surface area contributed by atoms with E-state index in [1.54, 1.807) is 30.3 Å². The molecule has 2 rings (SSSR count). The van der Waals surface area contributed by atoms with Gasteiger partial charge >= 0.3 is 0 Å². The van der Waals surface area contributed by atoms with Gasteiger partial charge in [0.2, 0.25) is 0 Å². The van der Waals surface area contributed by atoms with Crippen LogP contribution >= 0.6 is 0 Å². The molecule has 0 aromatic heterocycles. The molecule has 0 aliphatic rings. The summed E-state index contributed by atoms with van der Waals surface area (Å²) < 4.78 is 0. The topological polar surface area (TPSA) is 55.2 Å². The second-order valence-electron chi connectivity index (χ2n) is 3.95. The standard InChI is InChI=1S/C16H10N2O2/c1-3-12-6-5-7-16(15(12)4-2)17-13-8-10-14(11-9-13)18(19)20/h1-2,5-11,17H. The van der Waals surface area contributed by atoms with Crippen LogP contribution < -0.4 is 5.32 Å². The maximum Gasteiger partial charge on any atom is 0.269 e. The maximum absolute atomic E-state index is 10.6. The maximum atomic E-state index is 10.6. The zero-order valence-electron chi connectivity index (χ0n) is 10.5. The zero-order valence-corrected chi connectivity index (χ0v) is 10.5. The molecule has 2 aromatic carbocycles. The van der Waals surface area contributed by atoms with Crippen LogP contribution in [0.3, 0.4) is 0 Å². The second-order valence-corrected chi connectivity index (χ2v) is 3.95. The lowest BCUT2D eigenvalue weighted by molar-refractivity contribution is -0.384. The van der Waals surface area contributed by atoms with Gasteiger partial charge in [0.1, 0.15) is 0 Å². The lowest BCUT2D eigenvalue weighted by Gasteiger charge is -2.10. The Hall–Kier alpha value is -3.24. The Bertz CT molecular complexity index is 735. The zero-order chi connectivity index (χ0) is 14.5. The highest BCUT2D eigenvalue weighted by atomic mass is 16.6. The molecule has 20 heavy (non-hydrogen) atoms. The average Bonchev–Trinajstić information content (AvgIpc) is 2.47. The Morgan fingerprint density at radius 1 is 1.05 bits per heavy atom. The van der Waals surface area contributed by atoms with Gasteiger partial charge in [0, 0.05) is 23.4 Å². The minimum atomic E-state index is -0.449. The van der Waals surface area contributed by atoms with Crippen molar-refractivity contribution < 1.29 is 4.92 Å². The molecule has 0 aliphatic carbocycles. The highest BCUT2D eigenvalue weighted by molar-refractivity contribution is 5.71. The van der Waals surface area contributed by atoms with E-state index in [0.717, 1.165) is 0 Å². The molecule has 0 amide bonds. The van der Waals surface area contributed by atoms with E-state index in [2.05, 4.69) is 17.2 Å². The van der Waals surface area contributed by atoms with Gasteiger partial charge in [0.15, 0.2) is 0 Å². The molecule has 0 radical (unpaired) electrons. The minimum absolute atomic E-state index is 0.0325. The second kappa shape index (κ2) is 5.60. The largest absolute Gasteiger partial charge is 0.354 e. The lowest BCUT2D eigenvalue weighted by atomic mass is 10.1. The number of hydrogen-bond donors (Lipinski definition) is 1. The summed E-state index contributed by atoms with van der Waals surface area (Å²) >= 11 is 0. The molecule has 0 bridgehead atoms. The van der Waals surface area contributed by atoms with Crippen molar-refractivity contribution >= 4 is 17.1 Å². The number of non-ortho nitro benzene ring substituents is 1. The van der Waals surface area contributed by atoms with Gasteiger partial charge in [0.25, 0.3) is 5.69 Å². The van der Waals surface area contributed by atoms with E-state index in [9.17, 15) is 10.1 Å². The minimum Gasteiger partial charge on any atom is -0.354 e. The first-order chi connectivity index (χ1) is 9.65. The Morgan fingerprint density at radius 3 is 2.30 bits per heavy atom. The Morgan fingerprint density at radius 2 is 1.75 bits per heavy atom. The van der Waals surface area contributed by atoms with Crippen molar-refractivity contribution in [3.05, 3.63) is 63.7 Å². The molecule has 2 aromatic rings. The third-order valence-corrected chi connectivity index (χ3v) is 2.72. The van der Waals surface area contributed by atoms with Crippen LogP contribution in [-0.2, 0) is 0 Å². The number of nitro groups is 1. The molecule has 0 saturated carbocycles. The Kier molecular flexibility index (Phi) is 3.70. The quantitative estimate of drug-likeness (QED) is 0.524. The molecule has 0 fully saturated rings. The normalized spacial score (nSPS) is 9.30. The molecule has 0 aliphatic heterocycles. The molecule has 4 heteroatoms. The molecule has 96 valence electrons. The number of nitrogens with one attached hydrogen (secondary N) is 1. The molecule has 0 saturated heterocycles. The summed E-state index contributed by atoms with van der Waals surface area (Å²) in [5.41, 5.74) is 2.64. The molecule has 1 N–H and O–H groups in total. The fourth-order valence-corrected chi connectivity index (χ4v) is 1.75. The summed E-state index contributed by atoms with van der Waals surface area (Å²) in [5, 5.41) is 13.7. The van der Waals surface area contributed by atoms with E-state index in [4.69, 9.17) is 12.8 Å².